The van der Waals surface area contributed by atoms with Crippen molar-refractivity contribution in [1.82, 2.24) is 10.1 Å². The normalized spacial score (nSPS) is 16.0. The molecule has 3 rings (SSSR count). The Kier molecular flexibility index (Phi) is 5.68. The minimum Gasteiger partial charge on any atom is -0.339 e. The molecule has 6 heteroatoms. The maximum absolute atomic E-state index is 13.5. The largest absolute Gasteiger partial charge is 0.416 e. The summed E-state index contributed by atoms with van der Waals surface area (Å²) in [5.41, 5.74) is 0.124. The van der Waals surface area contributed by atoms with Gasteiger partial charge in [0.05, 0.1) is 5.56 Å². The van der Waals surface area contributed by atoms with Crippen molar-refractivity contribution in [3.05, 3.63) is 35.2 Å². The van der Waals surface area contributed by atoms with E-state index in [0.717, 1.165) is 44.6 Å². The SMILES string of the molecule is CCCC[C@H](C)c1nc(-c2ccc(CCC3CC3)c(C(F)(F)F)c2)no1. The molecule has 1 aromatic heterocycles. The van der Waals surface area contributed by atoms with Gasteiger partial charge in [-0.15, -0.1) is 0 Å². The molecule has 0 saturated heterocycles. The lowest BCUT2D eigenvalue weighted by molar-refractivity contribution is -0.138. The number of hydrogen-bond donors (Lipinski definition) is 0. The van der Waals surface area contributed by atoms with Crippen molar-refractivity contribution in [2.24, 2.45) is 5.92 Å². The number of alkyl halides is 3. The molecule has 2 aromatic rings. The highest BCUT2D eigenvalue weighted by Crippen LogP contribution is 2.38. The Morgan fingerprint density at radius 1 is 1.27 bits per heavy atom. The van der Waals surface area contributed by atoms with E-state index in [2.05, 4.69) is 17.1 Å². The minimum absolute atomic E-state index is 0.108. The van der Waals surface area contributed by atoms with Gasteiger partial charge in [0.2, 0.25) is 11.7 Å². The van der Waals surface area contributed by atoms with Gasteiger partial charge in [-0.3, -0.25) is 0 Å². The Hall–Kier alpha value is -1.85. The van der Waals surface area contributed by atoms with Crippen LogP contribution >= 0.6 is 0 Å². The van der Waals surface area contributed by atoms with Crippen LogP contribution in [0, 0.1) is 5.92 Å². The molecule has 0 radical (unpaired) electrons. The number of aryl methyl sites for hydroxylation is 1. The van der Waals surface area contributed by atoms with E-state index in [9.17, 15) is 13.2 Å². The van der Waals surface area contributed by atoms with Gasteiger partial charge in [-0.2, -0.15) is 18.2 Å². The average Bonchev–Trinajstić information content (AvgIpc) is 3.31. The molecular formula is C20H25F3N2O. The van der Waals surface area contributed by atoms with E-state index in [4.69, 9.17) is 4.52 Å². The first-order chi connectivity index (χ1) is 12.4. The molecule has 0 unspecified atom stereocenters. The predicted octanol–water partition coefficient (Wildman–Crippen LogP) is 6.39. The molecule has 0 spiro atoms. The topological polar surface area (TPSA) is 38.9 Å². The van der Waals surface area contributed by atoms with E-state index >= 15 is 0 Å². The number of halogens is 3. The quantitative estimate of drug-likeness (QED) is 0.543. The minimum atomic E-state index is -4.38. The van der Waals surface area contributed by atoms with E-state index in [0.29, 0.717) is 29.4 Å². The molecule has 1 heterocycles. The van der Waals surface area contributed by atoms with Crippen LogP contribution in [0.5, 0.6) is 0 Å². The van der Waals surface area contributed by atoms with E-state index in [-0.39, 0.29) is 11.7 Å². The zero-order chi connectivity index (χ0) is 18.7. The van der Waals surface area contributed by atoms with Crippen LogP contribution in [-0.2, 0) is 12.6 Å². The summed E-state index contributed by atoms with van der Waals surface area (Å²) in [4.78, 5) is 4.33. The smallest absolute Gasteiger partial charge is 0.339 e. The summed E-state index contributed by atoms with van der Waals surface area (Å²) in [5.74, 6) is 1.42. The van der Waals surface area contributed by atoms with Crippen molar-refractivity contribution in [2.45, 2.75) is 70.9 Å². The highest BCUT2D eigenvalue weighted by atomic mass is 19.4. The van der Waals surface area contributed by atoms with Crippen LogP contribution in [0.4, 0.5) is 13.2 Å². The van der Waals surface area contributed by atoms with Gasteiger partial charge in [-0.1, -0.05) is 56.8 Å². The van der Waals surface area contributed by atoms with Gasteiger partial charge in [-0.05, 0) is 36.8 Å². The van der Waals surface area contributed by atoms with Crippen LogP contribution in [0.15, 0.2) is 22.7 Å². The van der Waals surface area contributed by atoms with Crippen LogP contribution in [0.25, 0.3) is 11.4 Å². The number of rotatable bonds is 8. The van der Waals surface area contributed by atoms with Gasteiger partial charge in [0.1, 0.15) is 0 Å². The highest BCUT2D eigenvalue weighted by Gasteiger charge is 2.34. The molecule has 1 atom stereocenters. The molecule has 0 N–H and O–H groups in total. The van der Waals surface area contributed by atoms with Crippen molar-refractivity contribution in [3.63, 3.8) is 0 Å². The van der Waals surface area contributed by atoms with Gasteiger partial charge in [-0.25, -0.2) is 0 Å². The summed E-state index contributed by atoms with van der Waals surface area (Å²) in [5, 5.41) is 3.90. The van der Waals surface area contributed by atoms with Crippen LogP contribution in [0.1, 0.15) is 75.3 Å². The maximum atomic E-state index is 13.5. The summed E-state index contributed by atoms with van der Waals surface area (Å²) in [7, 11) is 0. The second-order valence-corrected chi connectivity index (χ2v) is 7.35. The standard InChI is InChI=1S/C20H25F3N2O/c1-3-4-5-13(2)19-24-18(25-26-19)16-11-10-15(9-8-14-6-7-14)17(12-16)20(21,22)23/h10-14H,3-9H2,1-2H3/t13-/m0/s1. The number of unbranched alkanes of at least 4 members (excludes halogenated alkanes) is 1. The van der Waals surface area contributed by atoms with Gasteiger partial charge < -0.3 is 4.52 Å². The highest BCUT2D eigenvalue weighted by molar-refractivity contribution is 5.57. The van der Waals surface area contributed by atoms with Crippen LogP contribution < -0.4 is 0 Å². The summed E-state index contributed by atoms with van der Waals surface area (Å²) in [6, 6.07) is 4.40. The summed E-state index contributed by atoms with van der Waals surface area (Å²) < 4.78 is 45.8. The Morgan fingerprint density at radius 2 is 2.04 bits per heavy atom. The lowest BCUT2D eigenvalue weighted by atomic mass is 9.98. The van der Waals surface area contributed by atoms with Gasteiger partial charge in [0, 0.05) is 11.5 Å². The van der Waals surface area contributed by atoms with Crippen molar-refractivity contribution in [2.75, 3.05) is 0 Å². The van der Waals surface area contributed by atoms with E-state index in [1.165, 1.54) is 0 Å². The maximum Gasteiger partial charge on any atom is 0.416 e. The zero-order valence-corrected chi connectivity index (χ0v) is 15.3. The van der Waals surface area contributed by atoms with Crippen LogP contribution in [0.2, 0.25) is 0 Å². The molecule has 0 bridgehead atoms. The lowest BCUT2D eigenvalue weighted by Gasteiger charge is -2.13. The third-order valence-electron chi connectivity index (χ3n) is 5.05. The van der Waals surface area contributed by atoms with Crippen molar-refractivity contribution < 1.29 is 17.7 Å². The molecule has 1 aliphatic rings. The Bertz CT molecular complexity index is 735. The second kappa shape index (κ2) is 7.80. The van der Waals surface area contributed by atoms with E-state index in [1.54, 1.807) is 12.1 Å². The molecular weight excluding hydrogens is 341 g/mol. The fraction of sp³-hybridized carbons (Fsp3) is 0.600. The van der Waals surface area contributed by atoms with Crippen LogP contribution in [0.3, 0.4) is 0 Å². The fourth-order valence-electron chi connectivity index (χ4n) is 3.15. The fourth-order valence-corrected chi connectivity index (χ4v) is 3.15. The Balaban J connectivity index is 1.82. The van der Waals surface area contributed by atoms with Gasteiger partial charge in [0.15, 0.2) is 0 Å². The average molecular weight is 366 g/mol. The third kappa shape index (κ3) is 4.65. The van der Waals surface area contributed by atoms with Crippen molar-refractivity contribution in [3.8, 4) is 11.4 Å². The van der Waals surface area contributed by atoms with E-state index < -0.39 is 11.7 Å². The summed E-state index contributed by atoms with van der Waals surface area (Å²) in [6.07, 6.45) is 2.23. The molecule has 26 heavy (non-hydrogen) atoms. The predicted molar refractivity (Wildman–Crippen MR) is 93.7 cm³/mol. The summed E-state index contributed by atoms with van der Waals surface area (Å²) in [6.45, 7) is 4.10. The van der Waals surface area contributed by atoms with Crippen LogP contribution in [-0.4, -0.2) is 10.1 Å². The first-order valence-electron chi connectivity index (χ1n) is 9.42. The number of hydrogen-bond acceptors (Lipinski definition) is 3. The first-order valence-corrected chi connectivity index (χ1v) is 9.42. The third-order valence-corrected chi connectivity index (χ3v) is 5.05. The molecule has 1 aliphatic carbocycles. The number of aromatic nitrogens is 2. The molecule has 1 fully saturated rings. The zero-order valence-electron chi connectivity index (χ0n) is 15.3. The molecule has 3 nitrogen and oxygen atoms in total. The second-order valence-electron chi connectivity index (χ2n) is 7.35. The van der Waals surface area contributed by atoms with Crippen molar-refractivity contribution >= 4 is 0 Å². The number of benzene rings is 1. The molecule has 1 aromatic carbocycles. The van der Waals surface area contributed by atoms with Crippen molar-refractivity contribution in [1.29, 1.82) is 0 Å². The molecule has 0 amide bonds. The Morgan fingerprint density at radius 3 is 2.69 bits per heavy atom. The number of nitrogens with zero attached hydrogens (tertiary/aromatic N) is 2. The monoisotopic (exact) mass is 366 g/mol. The van der Waals surface area contributed by atoms with Gasteiger partial charge in [0.25, 0.3) is 0 Å². The Labute approximate surface area is 152 Å². The van der Waals surface area contributed by atoms with E-state index in [1.807, 2.05) is 6.92 Å². The molecule has 142 valence electrons. The summed E-state index contributed by atoms with van der Waals surface area (Å²) >= 11 is 0. The molecule has 1 saturated carbocycles. The van der Waals surface area contributed by atoms with Gasteiger partial charge >= 0.3 is 6.18 Å². The first kappa shape index (κ1) is 18.9. The lowest BCUT2D eigenvalue weighted by Crippen LogP contribution is -2.10. The molecule has 0 aliphatic heterocycles.